The van der Waals surface area contributed by atoms with E-state index < -0.39 is 11.7 Å². The monoisotopic (exact) mass is 379 g/mol. The highest BCUT2D eigenvalue weighted by Gasteiger charge is 2.29. The van der Waals surface area contributed by atoms with Gasteiger partial charge in [-0.1, -0.05) is 0 Å². The minimum atomic E-state index is -0.555. The maximum Gasteiger partial charge on any atom is 0.407 e. The van der Waals surface area contributed by atoms with Crippen LogP contribution >= 0.6 is 0 Å². The Morgan fingerprint density at radius 3 is 2.37 bits per heavy atom. The maximum absolute atomic E-state index is 12.8. The van der Waals surface area contributed by atoms with Crippen molar-refractivity contribution in [2.75, 3.05) is 27.9 Å². The number of carbonyl (C=O) groups excluding carboxylic acids is 2. The van der Waals surface area contributed by atoms with E-state index in [0.29, 0.717) is 42.2 Å². The molecule has 0 bridgehead atoms. The zero-order valence-electron chi connectivity index (χ0n) is 16.9. The second kappa shape index (κ2) is 8.50. The Morgan fingerprint density at radius 1 is 1.15 bits per heavy atom. The molecule has 1 amide bonds. The fourth-order valence-electron chi connectivity index (χ4n) is 3.25. The second-order valence-electron chi connectivity index (χ2n) is 7.59. The molecule has 0 fully saturated rings. The molecule has 1 atom stereocenters. The molecule has 0 saturated carbocycles. The van der Waals surface area contributed by atoms with E-state index in [0.717, 1.165) is 12.0 Å². The Morgan fingerprint density at radius 2 is 1.81 bits per heavy atom. The molecule has 1 aromatic carbocycles. The molecular weight excluding hydrogens is 350 g/mol. The SMILES string of the molecule is COc1cc2c(c(OC)c1OC)CCC(CNC(=O)OC(C)(C)C)CC2=O. The van der Waals surface area contributed by atoms with Crippen LogP contribution < -0.4 is 19.5 Å². The number of methoxy groups -OCH3 is 3. The van der Waals surface area contributed by atoms with Crippen LogP contribution in [0.5, 0.6) is 17.2 Å². The van der Waals surface area contributed by atoms with Gasteiger partial charge >= 0.3 is 6.09 Å². The number of Topliss-reactive ketones (excluding diaryl/α,β-unsaturated/α-hetero) is 1. The van der Waals surface area contributed by atoms with Gasteiger partial charge in [-0.15, -0.1) is 0 Å². The van der Waals surface area contributed by atoms with Crippen molar-refractivity contribution in [3.63, 3.8) is 0 Å². The van der Waals surface area contributed by atoms with Crippen LogP contribution in [0.15, 0.2) is 6.07 Å². The quantitative estimate of drug-likeness (QED) is 0.790. The standard InChI is InChI=1S/C20H29NO6/c1-20(2,3)27-19(23)21-11-12-7-8-13-14(15(22)9-12)10-16(24-4)18(26-6)17(13)25-5/h10,12H,7-9,11H2,1-6H3,(H,21,23). The molecule has 1 aliphatic rings. The summed E-state index contributed by atoms with van der Waals surface area (Å²) in [5.41, 5.74) is 0.851. The Bertz CT molecular complexity index is 707. The van der Waals surface area contributed by atoms with Crippen molar-refractivity contribution in [3.05, 3.63) is 17.2 Å². The lowest BCUT2D eigenvalue weighted by Gasteiger charge is -2.21. The number of amides is 1. The third kappa shape index (κ3) is 5.05. The van der Waals surface area contributed by atoms with E-state index >= 15 is 0 Å². The van der Waals surface area contributed by atoms with Gasteiger partial charge in [0.25, 0.3) is 0 Å². The van der Waals surface area contributed by atoms with E-state index in [1.807, 2.05) is 20.8 Å². The molecule has 7 nitrogen and oxygen atoms in total. The van der Waals surface area contributed by atoms with Crippen LogP contribution in [0.2, 0.25) is 0 Å². The lowest BCUT2D eigenvalue weighted by molar-refractivity contribution is 0.0515. The van der Waals surface area contributed by atoms with Gasteiger partial charge in [0.05, 0.1) is 21.3 Å². The van der Waals surface area contributed by atoms with Crippen molar-refractivity contribution in [2.24, 2.45) is 5.92 Å². The molecule has 0 aromatic heterocycles. The van der Waals surface area contributed by atoms with Crippen molar-refractivity contribution in [3.8, 4) is 17.2 Å². The van der Waals surface area contributed by atoms with Crippen molar-refractivity contribution < 1.29 is 28.5 Å². The molecule has 1 aromatic rings. The first-order valence-electron chi connectivity index (χ1n) is 9.02. The van der Waals surface area contributed by atoms with Crippen molar-refractivity contribution >= 4 is 11.9 Å². The molecule has 0 saturated heterocycles. The average molecular weight is 379 g/mol. The summed E-state index contributed by atoms with van der Waals surface area (Å²) >= 11 is 0. The van der Waals surface area contributed by atoms with E-state index in [1.54, 1.807) is 20.3 Å². The fraction of sp³-hybridized carbons (Fsp3) is 0.600. The topological polar surface area (TPSA) is 83.1 Å². The number of hydrogen-bond donors (Lipinski definition) is 1. The Kier molecular flexibility index (Phi) is 6.57. The minimum Gasteiger partial charge on any atom is -0.493 e. The average Bonchev–Trinajstić information content (AvgIpc) is 2.75. The van der Waals surface area contributed by atoms with Gasteiger partial charge in [-0.3, -0.25) is 4.79 Å². The predicted octanol–water partition coefficient (Wildman–Crippen LogP) is 3.37. The molecule has 0 radical (unpaired) electrons. The number of ketones is 1. The minimum absolute atomic E-state index is 0.00209. The zero-order chi connectivity index (χ0) is 20.2. The molecule has 1 N–H and O–H groups in total. The Balaban J connectivity index is 2.18. The van der Waals surface area contributed by atoms with Gasteiger partial charge in [0, 0.05) is 24.1 Å². The van der Waals surface area contributed by atoms with E-state index in [9.17, 15) is 9.59 Å². The zero-order valence-corrected chi connectivity index (χ0v) is 16.9. The second-order valence-corrected chi connectivity index (χ2v) is 7.59. The summed E-state index contributed by atoms with van der Waals surface area (Å²) in [6.07, 6.45) is 1.24. The third-order valence-electron chi connectivity index (χ3n) is 4.44. The smallest absolute Gasteiger partial charge is 0.407 e. The Labute approximate surface area is 160 Å². The first-order chi connectivity index (χ1) is 12.7. The summed E-state index contributed by atoms with van der Waals surface area (Å²) in [5.74, 6) is 1.49. The number of alkyl carbamates (subject to hydrolysis) is 1. The molecule has 0 spiro atoms. The maximum atomic E-state index is 12.8. The van der Waals surface area contributed by atoms with Gasteiger partial charge in [0.2, 0.25) is 5.75 Å². The fourth-order valence-corrected chi connectivity index (χ4v) is 3.25. The Hall–Kier alpha value is -2.44. The molecule has 2 rings (SSSR count). The molecule has 1 unspecified atom stereocenters. The predicted molar refractivity (Wildman–Crippen MR) is 101 cm³/mol. The number of carbonyl (C=O) groups is 2. The molecule has 1 aliphatic carbocycles. The van der Waals surface area contributed by atoms with Gasteiger partial charge in [-0.25, -0.2) is 4.79 Å². The van der Waals surface area contributed by atoms with Crippen LogP contribution in [-0.4, -0.2) is 45.4 Å². The molecular formula is C20H29NO6. The summed E-state index contributed by atoms with van der Waals surface area (Å²) in [7, 11) is 4.62. The first kappa shape index (κ1) is 20.9. The van der Waals surface area contributed by atoms with Gasteiger partial charge in [-0.2, -0.15) is 0 Å². The number of rotatable bonds is 5. The summed E-state index contributed by atoms with van der Waals surface area (Å²) in [6.45, 7) is 5.81. The van der Waals surface area contributed by atoms with Crippen LogP contribution in [0, 0.1) is 5.92 Å². The van der Waals surface area contributed by atoms with Gasteiger partial charge in [-0.05, 0) is 45.6 Å². The van der Waals surface area contributed by atoms with Gasteiger partial charge < -0.3 is 24.3 Å². The number of fused-ring (bicyclic) bond motifs is 1. The molecule has 150 valence electrons. The van der Waals surface area contributed by atoms with Crippen molar-refractivity contribution in [1.82, 2.24) is 5.32 Å². The normalized spacial score (nSPS) is 16.8. The number of benzene rings is 1. The highest BCUT2D eigenvalue weighted by atomic mass is 16.6. The molecule has 0 heterocycles. The summed E-state index contributed by atoms with van der Waals surface area (Å²) in [4.78, 5) is 24.7. The number of hydrogen-bond acceptors (Lipinski definition) is 6. The van der Waals surface area contributed by atoms with Crippen molar-refractivity contribution in [2.45, 2.75) is 45.6 Å². The highest BCUT2D eigenvalue weighted by molar-refractivity contribution is 5.99. The number of ether oxygens (including phenoxy) is 4. The van der Waals surface area contributed by atoms with Crippen LogP contribution in [0.1, 0.15) is 49.5 Å². The summed E-state index contributed by atoms with van der Waals surface area (Å²) in [5, 5.41) is 2.76. The first-order valence-corrected chi connectivity index (χ1v) is 9.02. The van der Waals surface area contributed by atoms with Crippen LogP contribution in [0.4, 0.5) is 4.79 Å². The summed E-state index contributed by atoms with van der Waals surface area (Å²) < 4.78 is 21.6. The van der Waals surface area contributed by atoms with E-state index in [2.05, 4.69) is 5.32 Å². The van der Waals surface area contributed by atoms with Crippen LogP contribution in [0.25, 0.3) is 0 Å². The highest BCUT2D eigenvalue weighted by Crippen LogP contribution is 2.44. The lowest BCUT2D eigenvalue weighted by atomic mass is 9.99. The van der Waals surface area contributed by atoms with Gasteiger partial charge in [0.15, 0.2) is 17.3 Å². The molecule has 0 aliphatic heterocycles. The van der Waals surface area contributed by atoms with E-state index in [1.165, 1.54) is 7.11 Å². The molecule has 7 heteroatoms. The van der Waals surface area contributed by atoms with Crippen LogP contribution in [-0.2, 0) is 11.2 Å². The van der Waals surface area contributed by atoms with E-state index in [-0.39, 0.29) is 11.7 Å². The van der Waals surface area contributed by atoms with Crippen molar-refractivity contribution in [1.29, 1.82) is 0 Å². The summed E-state index contributed by atoms with van der Waals surface area (Å²) in [6, 6.07) is 1.71. The third-order valence-corrected chi connectivity index (χ3v) is 4.44. The largest absolute Gasteiger partial charge is 0.493 e. The molecule has 27 heavy (non-hydrogen) atoms. The van der Waals surface area contributed by atoms with E-state index in [4.69, 9.17) is 18.9 Å². The number of nitrogens with one attached hydrogen (secondary N) is 1. The van der Waals surface area contributed by atoms with Crippen LogP contribution in [0.3, 0.4) is 0 Å². The lowest BCUT2D eigenvalue weighted by Crippen LogP contribution is -2.35. The van der Waals surface area contributed by atoms with Gasteiger partial charge in [0.1, 0.15) is 5.60 Å².